The predicted octanol–water partition coefficient (Wildman–Crippen LogP) is 4.26. The molecule has 1 aliphatic heterocycles. The lowest BCUT2D eigenvalue weighted by molar-refractivity contribution is -0.143. The van der Waals surface area contributed by atoms with E-state index < -0.39 is 6.10 Å². The summed E-state index contributed by atoms with van der Waals surface area (Å²) in [7, 11) is 1.63. The fraction of sp³-hybridized carbons (Fsp3) is 0.407. The van der Waals surface area contributed by atoms with Crippen molar-refractivity contribution in [3.05, 3.63) is 57.9 Å². The number of methoxy groups -OCH3 is 1. The van der Waals surface area contributed by atoms with Crippen LogP contribution in [0.1, 0.15) is 47.8 Å². The molecule has 0 aliphatic carbocycles. The molecule has 34 heavy (non-hydrogen) atoms. The smallest absolute Gasteiger partial charge is 0.307 e. The first-order valence-corrected chi connectivity index (χ1v) is 12.5. The number of aliphatic hydroxyl groups excluding tert-OH is 1. The molecule has 1 aromatic carbocycles. The maximum Gasteiger partial charge on any atom is 0.307 e. The van der Waals surface area contributed by atoms with E-state index in [-0.39, 0.29) is 12.6 Å². The third kappa shape index (κ3) is 6.57. The average Bonchev–Trinajstić information content (AvgIpc) is 3.33. The van der Waals surface area contributed by atoms with E-state index in [0.717, 1.165) is 65.0 Å². The van der Waals surface area contributed by atoms with Crippen LogP contribution in [0.2, 0.25) is 0 Å². The van der Waals surface area contributed by atoms with E-state index in [4.69, 9.17) is 9.47 Å². The van der Waals surface area contributed by atoms with Crippen LogP contribution < -0.4 is 10.1 Å². The van der Waals surface area contributed by atoms with Crippen molar-refractivity contribution < 1.29 is 19.4 Å². The van der Waals surface area contributed by atoms with Gasteiger partial charge in [0.15, 0.2) is 6.61 Å². The van der Waals surface area contributed by atoms with Crippen molar-refractivity contribution >= 4 is 28.2 Å². The fourth-order valence-electron chi connectivity index (χ4n) is 4.23. The molecule has 0 bridgehead atoms. The lowest BCUT2D eigenvalue weighted by Gasteiger charge is -2.21. The Hall–Kier alpha value is -2.92. The molecule has 3 heterocycles. The Morgan fingerprint density at radius 1 is 1.35 bits per heavy atom. The number of aliphatic hydroxyl groups is 1. The van der Waals surface area contributed by atoms with Gasteiger partial charge in [-0.05, 0) is 91.5 Å². The van der Waals surface area contributed by atoms with E-state index in [9.17, 15) is 9.90 Å². The highest BCUT2D eigenvalue weighted by atomic mass is 32.1. The minimum Gasteiger partial charge on any atom is -0.497 e. The molecule has 2 aromatic heterocycles. The number of pyridine rings is 1. The highest BCUT2D eigenvalue weighted by Crippen LogP contribution is 2.29. The minimum atomic E-state index is -0.606. The molecule has 0 unspecified atom stereocenters. The first kappa shape index (κ1) is 24.2. The van der Waals surface area contributed by atoms with Gasteiger partial charge in [0, 0.05) is 18.0 Å². The van der Waals surface area contributed by atoms with Crippen molar-refractivity contribution in [2.45, 2.75) is 38.2 Å². The van der Waals surface area contributed by atoms with E-state index in [1.807, 2.05) is 30.3 Å². The molecule has 1 fully saturated rings. The van der Waals surface area contributed by atoms with Gasteiger partial charge in [-0.3, -0.25) is 9.78 Å². The topological polar surface area (TPSA) is 80.7 Å². The second-order valence-corrected chi connectivity index (χ2v) is 9.45. The molecular weight excluding hydrogens is 448 g/mol. The number of benzene rings is 1. The highest BCUT2D eigenvalue weighted by molar-refractivity contribution is 7.10. The summed E-state index contributed by atoms with van der Waals surface area (Å²) in [6.07, 6.45) is 5.09. The summed E-state index contributed by atoms with van der Waals surface area (Å²) in [4.78, 5) is 17.3. The van der Waals surface area contributed by atoms with Crippen LogP contribution in [-0.2, 0) is 16.0 Å². The normalized spacial score (nSPS) is 16.5. The zero-order chi connectivity index (χ0) is 23.8. The van der Waals surface area contributed by atoms with Crippen molar-refractivity contribution in [2.24, 2.45) is 5.92 Å². The Morgan fingerprint density at radius 3 is 3.09 bits per heavy atom. The first-order chi connectivity index (χ1) is 16.6. The number of carbonyl (C=O) groups is 1. The summed E-state index contributed by atoms with van der Waals surface area (Å²) in [5, 5.41) is 17.1. The molecular formula is C27H30N2O4S. The number of aromatic nitrogens is 1. The second-order valence-electron chi connectivity index (χ2n) is 8.54. The van der Waals surface area contributed by atoms with Crippen LogP contribution in [0.5, 0.6) is 5.75 Å². The number of aryl methyl sites for hydroxylation is 1. The lowest BCUT2D eigenvalue weighted by Crippen LogP contribution is -2.31. The fourth-order valence-corrected chi connectivity index (χ4v) is 5.04. The molecule has 0 radical (unpaired) electrons. The number of nitrogens with one attached hydrogen (secondary N) is 1. The van der Waals surface area contributed by atoms with Crippen LogP contribution in [-0.4, -0.2) is 42.9 Å². The molecule has 1 aliphatic rings. The molecule has 7 heteroatoms. The number of ether oxygens (including phenoxy) is 2. The maximum atomic E-state index is 12.0. The summed E-state index contributed by atoms with van der Waals surface area (Å²) in [6, 6.07) is 9.59. The Balaban J connectivity index is 1.27. The number of hydrogen-bond acceptors (Lipinski definition) is 7. The van der Waals surface area contributed by atoms with Crippen LogP contribution in [0.15, 0.2) is 41.9 Å². The highest BCUT2D eigenvalue weighted by Gasteiger charge is 2.17. The van der Waals surface area contributed by atoms with Gasteiger partial charge in [0.1, 0.15) is 5.75 Å². The summed E-state index contributed by atoms with van der Waals surface area (Å²) >= 11 is 1.56. The summed E-state index contributed by atoms with van der Waals surface area (Å²) in [6.45, 7) is 2.04. The van der Waals surface area contributed by atoms with Gasteiger partial charge in [-0.15, -0.1) is 11.3 Å². The number of rotatable bonds is 8. The third-order valence-corrected chi connectivity index (χ3v) is 6.97. The van der Waals surface area contributed by atoms with E-state index >= 15 is 0 Å². The quantitative estimate of drug-likeness (QED) is 0.372. The summed E-state index contributed by atoms with van der Waals surface area (Å²) < 4.78 is 10.6. The van der Waals surface area contributed by atoms with Crippen molar-refractivity contribution in [2.75, 3.05) is 26.8 Å². The molecule has 3 aromatic rings. The summed E-state index contributed by atoms with van der Waals surface area (Å²) in [5.74, 6) is 6.95. The van der Waals surface area contributed by atoms with Crippen LogP contribution in [0, 0.1) is 17.8 Å². The van der Waals surface area contributed by atoms with Gasteiger partial charge < -0.3 is 19.9 Å². The van der Waals surface area contributed by atoms with Gasteiger partial charge in [0.25, 0.3) is 0 Å². The number of fused-ring (bicyclic) bond motifs is 1. The van der Waals surface area contributed by atoms with Gasteiger partial charge in [-0.2, -0.15) is 0 Å². The van der Waals surface area contributed by atoms with E-state index in [1.54, 1.807) is 24.6 Å². The molecule has 0 saturated carbocycles. The molecule has 0 spiro atoms. The summed E-state index contributed by atoms with van der Waals surface area (Å²) in [5.41, 5.74) is 2.82. The average molecular weight is 479 g/mol. The van der Waals surface area contributed by atoms with E-state index in [0.29, 0.717) is 18.8 Å². The van der Waals surface area contributed by atoms with E-state index in [1.165, 1.54) is 0 Å². The second kappa shape index (κ2) is 12.0. The molecule has 2 atom stereocenters. The maximum absolute atomic E-state index is 12.0. The first-order valence-electron chi connectivity index (χ1n) is 11.7. The Bertz CT molecular complexity index is 1170. The molecule has 178 valence electrons. The largest absolute Gasteiger partial charge is 0.497 e. The van der Waals surface area contributed by atoms with Crippen LogP contribution in [0.3, 0.4) is 0 Å². The van der Waals surface area contributed by atoms with Gasteiger partial charge in [-0.1, -0.05) is 11.8 Å². The number of nitrogens with zero attached hydrogens (tertiary/aromatic N) is 1. The lowest BCUT2D eigenvalue weighted by atomic mass is 9.96. The molecule has 0 amide bonds. The molecule has 2 N–H and O–H groups in total. The molecule has 6 nitrogen and oxygen atoms in total. The van der Waals surface area contributed by atoms with Gasteiger partial charge in [-0.25, -0.2) is 0 Å². The Kier molecular flexibility index (Phi) is 8.53. The van der Waals surface area contributed by atoms with Gasteiger partial charge >= 0.3 is 5.97 Å². The third-order valence-electron chi connectivity index (χ3n) is 6.07. The monoisotopic (exact) mass is 478 g/mol. The number of esters is 1. The van der Waals surface area contributed by atoms with Crippen molar-refractivity contribution in [1.29, 1.82) is 0 Å². The SMILES string of the molecule is COc1ccc2nccc([C@H](O)CCc3csc(C#CCOC(=O)C[C@H]4CCCNC4)c3)c2c1. The standard InChI is InChI=1S/C27H30N2O4S/c1-32-21-7-8-25-24(16-21)23(10-12-29-25)26(30)9-6-20-14-22(34-18-20)5-3-13-33-27(31)15-19-4-2-11-28-17-19/h7-8,10,12,14,16,18-19,26,28,30H,2,4,6,9,11,13,15,17H2,1H3/t19-,26-/m1/s1. The molecule has 1 saturated heterocycles. The zero-order valence-electron chi connectivity index (χ0n) is 19.4. The number of piperidine rings is 1. The van der Waals surface area contributed by atoms with Gasteiger partial charge in [0.2, 0.25) is 0 Å². The van der Waals surface area contributed by atoms with Crippen LogP contribution in [0.4, 0.5) is 0 Å². The minimum absolute atomic E-state index is 0.115. The zero-order valence-corrected chi connectivity index (χ0v) is 20.2. The van der Waals surface area contributed by atoms with Crippen molar-refractivity contribution in [3.63, 3.8) is 0 Å². The van der Waals surface area contributed by atoms with Crippen molar-refractivity contribution in [3.8, 4) is 17.6 Å². The van der Waals surface area contributed by atoms with E-state index in [2.05, 4.69) is 27.5 Å². The van der Waals surface area contributed by atoms with Gasteiger partial charge in [0.05, 0.1) is 23.6 Å². The number of hydrogen-bond donors (Lipinski definition) is 2. The number of carbonyl (C=O) groups excluding carboxylic acids is 1. The number of thiophene rings is 1. The predicted molar refractivity (Wildman–Crippen MR) is 134 cm³/mol. The molecule has 4 rings (SSSR count). The van der Waals surface area contributed by atoms with Crippen LogP contribution in [0.25, 0.3) is 10.9 Å². The Morgan fingerprint density at radius 2 is 2.26 bits per heavy atom. The van der Waals surface area contributed by atoms with Crippen molar-refractivity contribution in [1.82, 2.24) is 10.3 Å². The van der Waals surface area contributed by atoms with Crippen LogP contribution >= 0.6 is 11.3 Å². The Labute approximate surface area is 204 Å².